The van der Waals surface area contributed by atoms with Gasteiger partial charge in [-0.2, -0.15) is 0 Å². The molecule has 5 heteroatoms. The lowest BCUT2D eigenvalue weighted by Crippen LogP contribution is -1.93. The van der Waals surface area contributed by atoms with Crippen LogP contribution >= 0.6 is 27.5 Å². The van der Waals surface area contributed by atoms with Crippen molar-refractivity contribution in [3.05, 3.63) is 101 Å². The molecule has 6 rings (SSSR count). The molecule has 0 radical (unpaired) electrons. The molecule has 0 aliphatic heterocycles. The van der Waals surface area contributed by atoms with Gasteiger partial charge in [-0.05, 0) is 34.1 Å². The number of fused-ring (bicyclic) bond motifs is 5. The number of halogens is 2. The first-order chi connectivity index (χ1) is 15.2. The topological polar surface area (TPSA) is 30.2 Å². The summed E-state index contributed by atoms with van der Waals surface area (Å²) in [6.07, 6.45) is 2.05. The van der Waals surface area contributed by atoms with E-state index >= 15 is 0 Å². The molecule has 0 amide bonds. The highest BCUT2D eigenvalue weighted by Crippen LogP contribution is 2.38. The van der Waals surface area contributed by atoms with Gasteiger partial charge >= 0.3 is 0 Å². The van der Waals surface area contributed by atoms with Crippen LogP contribution < -0.4 is 0 Å². The summed E-state index contributed by atoms with van der Waals surface area (Å²) in [7, 11) is 0. The molecule has 0 unspecified atom stereocenters. The van der Waals surface area contributed by atoms with E-state index in [0.717, 1.165) is 54.4 Å². The van der Waals surface area contributed by atoms with E-state index in [2.05, 4.69) is 56.9 Å². The molecular weight excluding hydrogens is 470 g/mol. The first-order valence-corrected chi connectivity index (χ1v) is 11.1. The third-order valence-electron chi connectivity index (χ3n) is 5.55. The van der Waals surface area contributed by atoms with E-state index in [9.17, 15) is 0 Å². The average Bonchev–Trinajstić information content (AvgIpc) is 3.16. The zero-order valence-corrected chi connectivity index (χ0v) is 18.6. The largest absolute Gasteiger partial charge is 0.293 e. The van der Waals surface area contributed by atoms with Crippen LogP contribution in [0.1, 0.15) is 0 Å². The molecule has 0 N–H and O–H groups in total. The molecule has 3 nitrogen and oxygen atoms in total. The van der Waals surface area contributed by atoms with Crippen LogP contribution in [0.3, 0.4) is 0 Å². The molecule has 6 aromatic rings. The lowest BCUT2D eigenvalue weighted by atomic mass is 10.0. The van der Waals surface area contributed by atoms with E-state index in [4.69, 9.17) is 21.6 Å². The maximum absolute atomic E-state index is 6.33. The Balaban J connectivity index is 1.79. The van der Waals surface area contributed by atoms with E-state index in [0.29, 0.717) is 5.02 Å². The second-order valence-corrected chi connectivity index (χ2v) is 8.59. The number of benzene rings is 3. The maximum atomic E-state index is 6.33. The quantitative estimate of drug-likeness (QED) is 0.235. The lowest BCUT2D eigenvalue weighted by Gasteiger charge is -2.11. The van der Waals surface area contributed by atoms with Crippen molar-refractivity contribution in [1.29, 1.82) is 0 Å². The van der Waals surface area contributed by atoms with Crippen molar-refractivity contribution in [2.75, 3.05) is 0 Å². The van der Waals surface area contributed by atoms with Crippen molar-refractivity contribution in [1.82, 2.24) is 14.4 Å². The second kappa shape index (κ2) is 7.19. The first-order valence-electron chi connectivity index (χ1n) is 9.91. The monoisotopic (exact) mass is 483 g/mol. The van der Waals surface area contributed by atoms with Crippen LogP contribution in [-0.2, 0) is 0 Å². The van der Waals surface area contributed by atoms with E-state index in [-0.39, 0.29) is 0 Å². The Morgan fingerprint density at radius 3 is 2.10 bits per heavy atom. The number of rotatable bonds is 2. The first kappa shape index (κ1) is 18.6. The summed E-state index contributed by atoms with van der Waals surface area (Å²) in [6, 6.07) is 28.4. The molecule has 3 aromatic heterocycles. The molecular formula is C26H15BrClN3. The third-order valence-corrected chi connectivity index (χ3v) is 6.54. The lowest BCUT2D eigenvalue weighted by molar-refractivity contribution is 1.17. The van der Waals surface area contributed by atoms with Gasteiger partial charge in [0.15, 0.2) is 0 Å². The van der Waals surface area contributed by atoms with E-state index < -0.39 is 0 Å². The molecule has 3 aromatic carbocycles. The fourth-order valence-corrected chi connectivity index (χ4v) is 4.90. The highest BCUT2D eigenvalue weighted by Gasteiger charge is 2.18. The molecule has 0 saturated heterocycles. The van der Waals surface area contributed by atoms with Gasteiger partial charge in [0.05, 0.1) is 11.2 Å². The van der Waals surface area contributed by atoms with Gasteiger partial charge in [-0.25, -0.2) is 9.97 Å². The molecule has 0 bridgehead atoms. The Kier molecular flexibility index (Phi) is 4.30. The fourth-order valence-electron chi connectivity index (χ4n) is 4.13. The predicted molar refractivity (Wildman–Crippen MR) is 132 cm³/mol. The minimum absolute atomic E-state index is 0.666. The summed E-state index contributed by atoms with van der Waals surface area (Å²) in [4.78, 5) is 10.1. The van der Waals surface area contributed by atoms with Crippen molar-refractivity contribution in [2.24, 2.45) is 0 Å². The van der Waals surface area contributed by atoms with Crippen LogP contribution in [-0.4, -0.2) is 14.4 Å². The minimum Gasteiger partial charge on any atom is -0.293 e. The van der Waals surface area contributed by atoms with Crippen LogP contribution in [0.5, 0.6) is 0 Å². The molecule has 3 heterocycles. The number of nitrogens with zero attached hydrogens (tertiary/aromatic N) is 3. The third kappa shape index (κ3) is 2.94. The van der Waals surface area contributed by atoms with Gasteiger partial charge in [-0.3, -0.25) is 4.40 Å². The Morgan fingerprint density at radius 2 is 1.39 bits per heavy atom. The highest BCUT2D eigenvalue weighted by atomic mass is 79.9. The molecule has 0 aliphatic carbocycles. The molecule has 0 saturated carbocycles. The Labute approximate surface area is 192 Å². The number of aromatic nitrogens is 3. The maximum Gasteiger partial charge on any atom is 0.147 e. The molecule has 0 atom stereocenters. The average molecular weight is 485 g/mol. The van der Waals surface area contributed by atoms with Crippen LogP contribution in [0.4, 0.5) is 0 Å². The van der Waals surface area contributed by atoms with Crippen molar-refractivity contribution in [3.8, 4) is 22.5 Å². The van der Waals surface area contributed by atoms with Crippen molar-refractivity contribution >= 4 is 54.9 Å². The second-order valence-electron chi connectivity index (χ2n) is 7.40. The van der Waals surface area contributed by atoms with E-state index in [1.54, 1.807) is 0 Å². The summed E-state index contributed by atoms with van der Waals surface area (Å²) >= 11 is 10.1. The van der Waals surface area contributed by atoms with Crippen molar-refractivity contribution in [3.63, 3.8) is 0 Å². The molecule has 31 heavy (non-hydrogen) atoms. The number of hydrogen-bond acceptors (Lipinski definition) is 2. The zero-order valence-electron chi connectivity index (χ0n) is 16.3. The summed E-state index contributed by atoms with van der Waals surface area (Å²) in [5.74, 6) is 0. The summed E-state index contributed by atoms with van der Waals surface area (Å²) in [5.41, 5.74) is 5.70. The fraction of sp³-hybridized carbons (Fsp3) is 0. The Morgan fingerprint density at radius 1 is 0.710 bits per heavy atom. The van der Waals surface area contributed by atoms with Gasteiger partial charge in [0.25, 0.3) is 0 Å². The highest BCUT2D eigenvalue weighted by molar-refractivity contribution is 9.10. The zero-order chi connectivity index (χ0) is 20.9. The van der Waals surface area contributed by atoms with Crippen molar-refractivity contribution < 1.29 is 0 Å². The summed E-state index contributed by atoms with van der Waals surface area (Å²) in [6.45, 7) is 0. The van der Waals surface area contributed by atoms with Crippen LogP contribution in [0.2, 0.25) is 5.02 Å². The smallest absolute Gasteiger partial charge is 0.147 e. The van der Waals surface area contributed by atoms with Crippen LogP contribution in [0.25, 0.3) is 49.8 Å². The number of pyridine rings is 2. The number of imidazole rings is 1. The minimum atomic E-state index is 0.666. The van der Waals surface area contributed by atoms with Gasteiger partial charge in [0.2, 0.25) is 0 Å². The summed E-state index contributed by atoms with van der Waals surface area (Å²) in [5, 5.41) is 3.82. The van der Waals surface area contributed by atoms with Gasteiger partial charge < -0.3 is 0 Å². The van der Waals surface area contributed by atoms with E-state index in [1.165, 1.54) is 0 Å². The Hall–Kier alpha value is -3.21. The van der Waals surface area contributed by atoms with Gasteiger partial charge in [0.1, 0.15) is 15.9 Å². The summed E-state index contributed by atoms with van der Waals surface area (Å²) < 4.78 is 3.02. The molecule has 148 valence electrons. The Bertz CT molecular complexity index is 1590. The van der Waals surface area contributed by atoms with E-state index in [1.807, 2.05) is 54.6 Å². The van der Waals surface area contributed by atoms with Gasteiger partial charge in [0, 0.05) is 38.5 Å². The number of hydrogen-bond donors (Lipinski definition) is 0. The molecule has 0 fully saturated rings. The predicted octanol–water partition coefficient (Wildman–Crippen LogP) is 7.79. The van der Waals surface area contributed by atoms with Gasteiger partial charge in [-0.1, -0.05) is 78.3 Å². The van der Waals surface area contributed by atoms with Crippen molar-refractivity contribution in [2.45, 2.75) is 0 Å². The van der Waals surface area contributed by atoms with Gasteiger partial charge in [-0.15, -0.1) is 0 Å². The molecule has 0 spiro atoms. The molecule has 0 aliphatic rings. The normalized spacial score (nSPS) is 11.5. The SMILES string of the molecule is Clc1ccc2c(c1)nc(-c1ccccc1)c1ccn3c(Br)c(-c4ccccc4)nc3c12. The standard InChI is InChI=1S/C26H15BrClN3/c27-25-24(17-9-5-2-6-10-17)30-26-22-19-12-11-18(28)15-21(19)29-23(16-7-3-1-4-8-16)20(22)13-14-31(25)26/h1-15H. The van der Waals surface area contributed by atoms with Crippen LogP contribution in [0, 0.1) is 0 Å². The van der Waals surface area contributed by atoms with Crippen LogP contribution in [0.15, 0.2) is 95.7 Å².